The van der Waals surface area contributed by atoms with Crippen molar-refractivity contribution < 1.29 is 13.2 Å². The maximum atomic E-state index is 13.6. The average Bonchev–Trinajstić information content (AvgIpc) is 3.33. The molecule has 0 radical (unpaired) electrons. The molecule has 0 N–H and O–H groups in total. The van der Waals surface area contributed by atoms with Gasteiger partial charge in [0.25, 0.3) is 5.91 Å². The minimum Gasteiger partial charge on any atom is -0.335 e. The van der Waals surface area contributed by atoms with Gasteiger partial charge in [-0.05, 0) is 67.9 Å². The maximum absolute atomic E-state index is 13.6. The molecule has 31 heavy (non-hydrogen) atoms. The van der Waals surface area contributed by atoms with Crippen LogP contribution >= 0.6 is 11.6 Å². The summed E-state index contributed by atoms with van der Waals surface area (Å²) in [5.41, 5.74) is 2.90. The van der Waals surface area contributed by atoms with Crippen molar-refractivity contribution in [2.24, 2.45) is 0 Å². The number of hydrogen-bond donors (Lipinski definition) is 0. The Morgan fingerprint density at radius 3 is 2.55 bits per heavy atom. The van der Waals surface area contributed by atoms with E-state index in [0.29, 0.717) is 24.7 Å². The summed E-state index contributed by atoms with van der Waals surface area (Å²) < 4.78 is 27.5. The van der Waals surface area contributed by atoms with Crippen molar-refractivity contribution in [1.29, 1.82) is 0 Å². The molecule has 0 spiro atoms. The van der Waals surface area contributed by atoms with Crippen LogP contribution in [0.1, 0.15) is 54.1 Å². The SMILES string of the molecule is CCCN(C(=O)c1cc(S(=O)(=O)N2CCCC2)ccc1Cl)C1CCc2ccccc2C1. The summed E-state index contributed by atoms with van der Waals surface area (Å²) >= 11 is 6.41. The van der Waals surface area contributed by atoms with E-state index in [4.69, 9.17) is 11.6 Å². The Morgan fingerprint density at radius 1 is 1.13 bits per heavy atom. The van der Waals surface area contributed by atoms with E-state index >= 15 is 0 Å². The molecule has 1 atom stereocenters. The maximum Gasteiger partial charge on any atom is 0.255 e. The van der Waals surface area contributed by atoms with Crippen LogP contribution in [-0.4, -0.2) is 49.2 Å². The third-order valence-electron chi connectivity index (χ3n) is 6.36. The van der Waals surface area contributed by atoms with Gasteiger partial charge in [0.05, 0.1) is 15.5 Å². The van der Waals surface area contributed by atoms with E-state index in [1.54, 1.807) is 0 Å². The number of carbonyl (C=O) groups excluding carboxylic acids is 1. The van der Waals surface area contributed by atoms with E-state index in [9.17, 15) is 13.2 Å². The highest BCUT2D eigenvalue weighted by molar-refractivity contribution is 7.89. The largest absolute Gasteiger partial charge is 0.335 e. The zero-order valence-corrected chi connectivity index (χ0v) is 19.5. The first-order chi connectivity index (χ1) is 14.9. The number of sulfonamides is 1. The highest BCUT2D eigenvalue weighted by Crippen LogP contribution is 2.29. The topological polar surface area (TPSA) is 57.7 Å². The van der Waals surface area contributed by atoms with E-state index < -0.39 is 10.0 Å². The summed E-state index contributed by atoms with van der Waals surface area (Å²) in [5, 5.41) is 0.294. The molecule has 1 amide bonds. The number of benzene rings is 2. The van der Waals surface area contributed by atoms with Crippen molar-refractivity contribution in [3.63, 3.8) is 0 Å². The molecule has 1 aliphatic heterocycles. The smallest absolute Gasteiger partial charge is 0.255 e. The second-order valence-corrected chi connectivity index (χ2v) is 10.8. The Kier molecular flexibility index (Phi) is 6.70. The Hall–Kier alpha value is -1.89. The van der Waals surface area contributed by atoms with Crippen molar-refractivity contribution in [2.75, 3.05) is 19.6 Å². The Balaban J connectivity index is 1.63. The Bertz CT molecular complexity index is 1060. The molecule has 0 bridgehead atoms. The van der Waals surface area contributed by atoms with E-state index in [1.165, 1.54) is 33.6 Å². The third-order valence-corrected chi connectivity index (χ3v) is 8.58. The Labute approximate surface area is 190 Å². The fourth-order valence-electron chi connectivity index (χ4n) is 4.70. The van der Waals surface area contributed by atoms with Crippen LogP contribution in [0.2, 0.25) is 5.02 Å². The minimum absolute atomic E-state index is 0.0808. The lowest BCUT2D eigenvalue weighted by molar-refractivity contribution is 0.0661. The number of amides is 1. The highest BCUT2D eigenvalue weighted by atomic mass is 35.5. The predicted molar refractivity (Wildman–Crippen MR) is 123 cm³/mol. The number of nitrogens with zero attached hydrogens (tertiary/aromatic N) is 2. The highest BCUT2D eigenvalue weighted by Gasteiger charge is 2.31. The van der Waals surface area contributed by atoms with Crippen LogP contribution in [0.3, 0.4) is 0 Å². The minimum atomic E-state index is -3.61. The molecule has 0 aromatic heterocycles. The van der Waals surface area contributed by atoms with Crippen molar-refractivity contribution in [3.05, 3.63) is 64.2 Å². The first kappa shape index (κ1) is 22.3. The quantitative estimate of drug-likeness (QED) is 0.636. The van der Waals surface area contributed by atoms with Crippen LogP contribution < -0.4 is 0 Å². The monoisotopic (exact) mass is 460 g/mol. The van der Waals surface area contributed by atoms with Gasteiger partial charge in [0, 0.05) is 25.7 Å². The van der Waals surface area contributed by atoms with Crippen LogP contribution in [-0.2, 0) is 22.9 Å². The standard InChI is InChI=1S/C24H29ClN2O3S/c1-2-13-27(20-10-9-18-7-3-4-8-19(18)16-20)24(28)22-17-21(11-12-23(22)25)31(29,30)26-14-5-6-15-26/h3-4,7-8,11-12,17,20H,2,5-6,9-10,13-16H2,1H3. The lowest BCUT2D eigenvalue weighted by Gasteiger charge is -2.35. The second-order valence-electron chi connectivity index (χ2n) is 8.42. The zero-order valence-electron chi connectivity index (χ0n) is 17.9. The zero-order chi connectivity index (χ0) is 22.0. The molecule has 2 aliphatic rings. The van der Waals surface area contributed by atoms with Gasteiger partial charge in [-0.1, -0.05) is 42.8 Å². The summed E-state index contributed by atoms with van der Waals surface area (Å²) in [7, 11) is -3.61. The van der Waals surface area contributed by atoms with Crippen LogP contribution in [0, 0.1) is 0 Å². The van der Waals surface area contributed by atoms with Crippen molar-refractivity contribution >= 4 is 27.5 Å². The molecule has 1 fully saturated rings. The fourth-order valence-corrected chi connectivity index (χ4v) is 6.44. The molecule has 2 aromatic carbocycles. The van der Waals surface area contributed by atoms with E-state index in [1.807, 2.05) is 17.9 Å². The lowest BCUT2D eigenvalue weighted by atomic mass is 9.87. The van der Waals surface area contributed by atoms with Crippen LogP contribution in [0.25, 0.3) is 0 Å². The van der Waals surface area contributed by atoms with Gasteiger partial charge < -0.3 is 4.90 Å². The van der Waals surface area contributed by atoms with Gasteiger partial charge in [-0.3, -0.25) is 4.79 Å². The molecule has 5 nitrogen and oxygen atoms in total. The molecule has 1 heterocycles. The van der Waals surface area contributed by atoms with E-state index in [0.717, 1.165) is 38.5 Å². The van der Waals surface area contributed by atoms with Gasteiger partial charge in [-0.25, -0.2) is 8.42 Å². The summed E-state index contributed by atoms with van der Waals surface area (Å²) in [6.45, 7) is 3.72. The number of carbonyl (C=O) groups is 1. The number of aryl methyl sites for hydroxylation is 1. The normalized spacial score (nSPS) is 19.2. The number of halogens is 1. The molecule has 2 aromatic rings. The molecule has 7 heteroatoms. The van der Waals surface area contributed by atoms with Gasteiger partial charge in [0.15, 0.2) is 0 Å². The first-order valence-electron chi connectivity index (χ1n) is 11.1. The van der Waals surface area contributed by atoms with Gasteiger partial charge in [-0.2, -0.15) is 4.31 Å². The molecule has 1 saturated heterocycles. The molecule has 1 aliphatic carbocycles. The summed E-state index contributed by atoms with van der Waals surface area (Å²) in [4.78, 5) is 15.6. The predicted octanol–water partition coefficient (Wildman–Crippen LogP) is 4.53. The average molecular weight is 461 g/mol. The fraction of sp³-hybridized carbons (Fsp3) is 0.458. The molecule has 166 valence electrons. The summed E-state index contributed by atoms with van der Waals surface area (Å²) in [6.07, 6.45) is 5.20. The van der Waals surface area contributed by atoms with Gasteiger partial charge >= 0.3 is 0 Å². The van der Waals surface area contributed by atoms with Gasteiger partial charge in [0.2, 0.25) is 10.0 Å². The van der Waals surface area contributed by atoms with Crippen molar-refractivity contribution in [2.45, 2.75) is 56.4 Å². The molecular formula is C24H29ClN2O3S. The number of rotatable bonds is 6. The molecular weight excluding hydrogens is 432 g/mol. The van der Waals surface area contributed by atoms with Gasteiger partial charge in [-0.15, -0.1) is 0 Å². The van der Waals surface area contributed by atoms with E-state index in [2.05, 4.69) is 18.2 Å². The summed E-state index contributed by atoms with van der Waals surface area (Å²) in [5.74, 6) is -0.185. The molecule has 0 saturated carbocycles. The van der Waals surface area contributed by atoms with Gasteiger partial charge in [0.1, 0.15) is 0 Å². The lowest BCUT2D eigenvalue weighted by Crippen LogP contribution is -2.44. The second kappa shape index (κ2) is 9.31. The van der Waals surface area contributed by atoms with Crippen molar-refractivity contribution in [3.8, 4) is 0 Å². The van der Waals surface area contributed by atoms with Crippen molar-refractivity contribution in [1.82, 2.24) is 9.21 Å². The number of hydrogen-bond acceptors (Lipinski definition) is 3. The molecule has 4 rings (SSSR count). The third kappa shape index (κ3) is 4.52. The van der Waals surface area contributed by atoms with E-state index in [-0.39, 0.29) is 22.4 Å². The molecule has 1 unspecified atom stereocenters. The first-order valence-corrected chi connectivity index (χ1v) is 12.9. The van der Waals surface area contributed by atoms with Crippen LogP contribution in [0.15, 0.2) is 47.4 Å². The van der Waals surface area contributed by atoms with Crippen LogP contribution in [0.4, 0.5) is 0 Å². The van der Waals surface area contributed by atoms with Crippen LogP contribution in [0.5, 0.6) is 0 Å². The summed E-state index contributed by atoms with van der Waals surface area (Å²) in [6, 6.07) is 13.0. The Morgan fingerprint density at radius 2 is 1.84 bits per heavy atom. The number of fused-ring (bicyclic) bond motifs is 1.